The zero-order valence-electron chi connectivity index (χ0n) is 20.2. The molecular weight excluding hydrogens is 479 g/mol. The van der Waals surface area contributed by atoms with Gasteiger partial charge in [0.2, 0.25) is 0 Å². The van der Waals surface area contributed by atoms with Crippen molar-refractivity contribution in [3.63, 3.8) is 0 Å². The first-order chi connectivity index (χ1) is 17.1. The van der Waals surface area contributed by atoms with Gasteiger partial charge in [0.1, 0.15) is 11.6 Å². The number of aryl methyl sites for hydroxylation is 1. The van der Waals surface area contributed by atoms with Crippen LogP contribution < -0.4 is 10.1 Å². The number of carbonyl (C=O) groups is 1. The predicted molar refractivity (Wildman–Crippen MR) is 123 cm³/mol. The lowest BCUT2D eigenvalue weighted by atomic mass is 10.0. The molecule has 0 radical (unpaired) electrons. The fraction of sp³-hybridized carbons (Fsp3) is 0.435. The Morgan fingerprint density at radius 1 is 1.17 bits per heavy atom. The molecule has 3 atom stereocenters. The summed E-state index contributed by atoms with van der Waals surface area (Å²) in [6.45, 7) is 4.19. The van der Waals surface area contributed by atoms with Crippen molar-refractivity contribution in [3.05, 3.63) is 48.4 Å². The predicted octanol–water partition coefficient (Wildman–Crippen LogP) is 3.03. The molecule has 0 aromatic carbocycles. The Labute approximate surface area is 205 Å². The SMILES string of the molecule is COc1ccc(-c2c(C(=O)N3C[C@@H](C)O[C@@H](C)[C@H]3CNc3cnc(C(F)(F)F)cn3)ncn2C)nc1. The van der Waals surface area contributed by atoms with E-state index in [4.69, 9.17) is 9.47 Å². The summed E-state index contributed by atoms with van der Waals surface area (Å²) in [4.78, 5) is 31.4. The van der Waals surface area contributed by atoms with Crippen molar-refractivity contribution in [1.82, 2.24) is 29.4 Å². The Bertz CT molecular complexity index is 1200. The molecule has 0 unspecified atom stereocenters. The highest BCUT2D eigenvalue weighted by molar-refractivity contribution is 5.98. The lowest BCUT2D eigenvalue weighted by Gasteiger charge is -2.42. The van der Waals surface area contributed by atoms with Gasteiger partial charge in [-0.2, -0.15) is 13.2 Å². The molecule has 3 aromatic heterocycles. The minimum Gasteiger partial charge on any atom is -0.495 e. The number of ether oxygens (including phenoxy) is 2. The van der Waals surface area contributed by atoms with Crippen molar-refractivity contribution < 1.29 is 27.4 Å². The number of hydrogen-bond donors (Lipinski definition) is 1. The number of amides is 1. The van der Waals surface area contributed by atoms with Gasteiger partial charge in [-0.3, -0.25) is 9.78 Å². The summed E-state index contributed by atoms with van der Waals surface area (Å²) in [5, 5.41) is 2.97. The maximum Gasteiger partial charge on any atom is 0.434 e. The molecule has 36 heavy (non-hydrogen) atoms. The molecule has 1 amide bonds. The fourth-order valence-electron chi connectivity index (χ4n) is 4.12. The molecule has 0 aliphatic carbocycles. The van der Waals surface area contributed by atoms with Gasteiger partial charge in [0.15, 0.2) is 11.4 Å². The minimum absolute atomic E-state index is 0.155. The lowest BCUT2D eigenvalue weighted by Crippen LogP contribution is -2.58. The van der Waals surface area contributed by atoms with Crippen molar-refractivity contribution in [3.8, 4) is 17.1 Å². The van der Waals surface area contributed by atoms with Crippen LogP contribution in [0.15, 0.2) is 37.1 Å². The Kier molecular flexibility index (Phi) is 7.11. The van der Waals surface area contributed by atoms with E-state index in [1.165, 1.54) is 0 Å². The van der Waals surface area contributed by atoms with E-state index in [2.05, 4.69) is 25.3 Å². The average Bonchev–Trinajstić information content (AvgIpc) is 3.23. The summed E-state index contributed by atoms with van der Waals surface area (Å²) < 4.78 is 51.2. The monoisotopic (exact) mass is 505 g/mol. The summed E-state index contributed by atoms with van der Waals surface area (Å²) in [7, 11) is 3.32. The largest absolute Gasteiger partial charge is 0.495 e. The van der Waals surface area contributed by atoms with Gasteiger partial charge in [-0.15, -0.1) is 0 Å². The van der Waals surface area contributed by atoms with Crippen LogP contribution in [0.1, 0.15) is 30.0 Å². The van der Waals surface area contributed by atoms with Gasteiger partial charge in [-0.25, -0.2) is 15.0 Å². The van der Waals surface area contributed by atoms with Crippen molar-refractivity contribution in [2.24, 2.45) is 7.05 Å². The number of hydrogen-bond acceptors (Lipinski definition) is 8. The summed E-state index contributed by atoms with van der Waals surface area (Å²) in [6.07, 6.45) is -0.374. The van der Waals surface area contributed by atoms with E-state index in [9.17, 15) is 18.0 Å². The standard InChI is InChI=1S/C23H26F3N7O3/c1-13-11-33(17(14(2)36-13)8-29-19-10-28-18(9-30-19)23(24,25)26)22(34)20-21(32(3)12-31-20)16-6-5-15(35-4)7-27-16/h5-7,9-10,12-14,17H,8,11H2,1-4H3,(H,29,30)/t13-,14+,17-/m1/s1. The molecule has 10 nitrogen and oxygen atoms in total. The van der Waals surface area contributed by atoms with Gasteiger partial charge in [0.25, 0.3) is 5.91 Å². The van der Waals surface area contributed by atoms with Gasteiger partial charge in [0.05, 0.1) is 61.7 Å². The topological polar surface area (TPSA) is 107 Å². The number of rotatable bonds is 6. The summed E-state index contributed by atoms with van der Waals surface area (Å²) in [6, 6.07) is 3.05. The van der Waals surface area contributed by atoms with Crippen LogP contribution in [0.2, 0.25) is 0 Å². The highest BCUT2D eigenvalue weighted by atomic mass is 19.4. The molecule has 13 heteroatoms. The molecular formula is C23H26F3N7O3. The number of nitrogens with zero attached hydrogens (tertiary/aromatic N) is 6. The number of morpholine rings is 1. The quantitative estimate of drug-likeness (QED) is 0.545. The van der Waals surface area contributed by atoms with Crippen molar-refractivity contribution >= 4 is 11.7 Å². The molecule has 4 rings (SSSR count). The molecule has 0 spiro atoms. The molecule has 1 N–H and O–H groups in total. The second-order valence-electron chi connectivity index (χ2n) is 8.48. The molecule has 1 fully saturated rings. The van der Waals surface area contributed by atoms with Crippen LogP contribution in [-0.2, 0) is 18.0 Å². The van der Waals surface area contributed by atoms with Crippen molar-refractivity contribution in [2.75, 3.05) is 25.5 Å². The maximum atomic E-state index is 13.8. The number of alkyl halides is 3. The number of anilines is 1. The van der Waals surface area contributed by atoms with Gasteiger partial charge in [0, 0.05) is 20.1 Å². The van der Waals surface area contributed by atoms with Crippen LogP contribution >= 0.6 is 0 Å². The third kappa shape index (κ3) is 5.25. The van der Waals surface area contributed by atoms with E-state index in [0.717, 1.165) is 6.20 Å². The van der Waals surface area contributed by atoms with Crippen LogP contribution in [-0.4, -0.2) is 73.8 Å². The van der Waals surface area contributed by atoms with Crippen LogP contribution in [0.25, 0.3) is 11.4 Å². The number of halogens is 3. The van der Waals surface area contributed by atoms with E-state index >= 15 is 0 Å². The van der Waals surface area contributed by atoms with E-state index in [1.54, 1.807) is 48.3 Å². The van der Waals surface area contributed by atoms with Gasteiger partial charge >= 0.3 is 6.18 Å². The van der Waals surface area contributed by atoms with Crippen molar-refractivity contribution in [2.45, 2.75) is 38.3 Å². The number of pyridine rings is 1. The first-order valence-electron chi connectivity index (χ1n) is 11.2. The van der Waals surface area contributed by atoms with E-state index in [1.807, 2.05) is 13.8 Å². The van der Waals surface area contributed by atoms with Gasteiger partial charge in [-0.05, 0) is 26.0 Å². The van der Waals surface area contributed by atoms with Crippen LogP contribution in [0.5, 0.6) is 5.75 Å². The first-order valence-corrected chi connectivity index (χ1v) is 11.2. The van der Waals surface area contributed by atoms with E-state index < -0.39 is 17.9 Å². The highest BCUT2D eigenvalue weighted by Gasteiger charge is 2.38. The number of aromatic nitrogens is 5. The summed E-state index contributed by atoms with van der Waals surface area (Å²) in [5.41, 5.74) is 0.261. The zero-order valence-corrected chi connectivity index (χ0v) is 20.2. The van der Waals surface area contributed by atoms with E-state index in [0.29, 0.717) is 29.9 Å². The molecule has 1 aliphatic rings. The summed E-state index contributed by atoms with van der Waals surface area (Å²) in [5.74, 6) is 0.430. The third-order valence-electron chi connectivity index (χ3n) is 5.89. The number of imidazole rings is 1. The Morgan fingerprint density at radius 2 is 1.94 bits per heavy atom. The number of nitrogens with one attached hydrogen (secondary N) is 1. The second-order valence-corrected chi connectivity index (χ2v) is 8.48. The molecule has 4 heterocycles. The Morgan fingerprint density at radius 3 is 2.56 bits per heavy atom. The zero-order chi connectivity index (χ0) is 26.0. The normalized spacial score (nSPS) is 20.3. The third-order valence-corrected chi connectivity index (χ3v) is 5.89. The first kappa shape index (κ1) is 25.4. The maximum absolute atomic E-state index is 13.8. The molecule has 3 aromatic rings. The number of methoxy groups -OCH3 is 1. The summed E-state index contributed by atoms with van der Waals surface area (Å²) >= 11 is 0. The fourth-order valence-corrected chi connectivity index (χ4v) is 4.12. The van der Waals surface area contributed by atoms with Crippen molar-refractivity contribution in [1.29, 1.82) is 0 Å². The van der Waals surface area contributed by atoms with Crippen LogP contribution in [0.3, 0.4) is 0 Å². The molecule has 0 bridgehead atoms. The molecule has 1 saturated heterocycles. The Hall–Kier alpha value is -3.74. The van der Waals surface area contributed by atoms with Gasteiger partial charge in [-0.1, -0.05) is 0 Å². The Balaban J connectivity index is 1.57. The second kappa shape index (κ2) is 10.1. The smallest absolute Gasteiger partial charge is 0.434 e. The highest BCUT2D eigenvalue weighted by Crippen LogP contribution is 2.28. The number of carbonyl (C=O) groups excluding carboxylic acids is 1. The molecule has 0 saturated carbocycles. The van der Waals surface area contributed by atoms with E-state index in [-0.39, 0.29) is 36.2 Å². The van der Waals surface area contributed by atoms with Crippen LogP contribution in [0.4, 0.5) is 19.0 Å². The average molecular weight is 506 g/mol. The van der Waals surface area contributed by atoms with Gasteiger partial charge < -0.3 is 24.3 Å². The minimum atomic E-state index is -4.57. The molecule has 1 aliphatic heterocycles. The van der Waals surface area contributed by atoms with Crippen LogP contribution in [0, 0.1) is 0 Å². The lowest BCUT2D eigenvalue weighted by molar-refractivity contribution is -0.141. The molecule has 192 valence electrons.